The average molecular weight is 385 g/mol. The van der Waals surface area contributed by atoms with E-state index in [9.17, 15) is 18.0 Å². The van der Waals surface area contributed by atoms with Gasteiger partial charge < -0.3 is 4.74 Å². The van der Waals surface area contributed by atoms with Crippen LogP contribution in [0.4, 0.5) is 13.2 Å². The van der Waals surface area contributed by atoms with Gasteiger partial charge in [0.1, 0.15) is 0 Å². The van der Waals surface area contributed by atoms with Crippen molar-refractivity contribution < 1.29 is 22.7 Å². The van der Waals surface area contributed by atoms with Crippen LogP contribution in [0.2, 0.25) is 0 Å². The van der Waals surface area contributed by atoms with E-state index >= 15 is 0 Å². The number of esters is 1. The van der Waals surface area contributed by atoms with Gasteiger partial charge in [-0.2, -0.15) is 13.2 Å². The number of carbonyl (C=O) groups is 1. The van der Waals surface area contributed by atoms with E-state index in [1.54, 1.807) is 12.1 Å². The zero-order valence-corrected chi connectivity index (χ0v) is 16.4. The van der Waals surface area contributed by atoms with Crippen molar-refractivity contribution in [1.82, 2.24) is 4.90 Å². The molecule has 1 aliphatic heterocycles. The molecule has 27 heavy (non-hydrogen) atoms. The molecule has 2 atom stereocenters. The van der Waals surface area contributed by atoms with Crippen molar-refractivity contribution in [2.24, 2.45) is 11.8 Å². The van der Waals surface area contributed by atoms with E-state index in [1.165, 1.54) is 7.11 Å². The van der Waals surface area contributed by atoms with Gasteiger partial charge in [-0.15, -0.1) is 0 Å². The molecule has 0 saturated carbocycles. The fraction of sp³-hybridized carbons (Fsp3) is 0.667. The molecule has 0 aromatic heterocycles. The third kappa shape index (κ3) is 6.52. The molecule has 0 aliphatic carbocycles. The standard InChI is InChI=1S/C21H30F3NO2/c1-15(2)5-4-11-25-12-10-16(14-20(26)27-3)13-19(25)17-6-8-18(9-7-17)21(22,23)24/h6-9,15-16,19H,4-5,10-14H2,1-3H3/t16-,19?/m1/s1. The predicted molar refractivity (Wildman–Crippen MR) is 99.2 cm³/mol. The lowest BCUT2D eigenvalue weighted by atomic mass is 9.84. The van der Waals surface area contributed by atoms with Crippen molar-refractivity contribution in [2.75, 3.05) is 20.2 Å². The minimum Gasteiger partial charge on any atom is -0.469 e. The average Bonchev–Trinajstić information content (AvgIpc) is 2.61. The number of hydrogen-bond acceptors (Lipinski definition) is 3. The Kier molecular flexibility index (Phi) is 7.71. The third-order valence-corrected chi connectivity index (χ3v) is 5.35. The van der Waals surface area contributed by atoms with Crippen LogP contribution in [-0.4, -0.2) is 31.1 Å². The van der Waals surface area contributed by atoms with Crippen LogP contribution in [0.15, 0.2) is 24.3 Å². The highest BCUT2D eigenvalue weighted by atomic mass is 19.4. The van der Waals surface area contributed by atoms with Crippen LogP contribution in [0.25, 0.3) is 0 Å². The monoisotopic (exact) mass is 385 g/mol. The molecule has 1 aliphatic rings. The van der Waals surface area contributed by atoms with Crippen molar-refractivity contribution in [3.8, 4) is 0 Å². The maximum absolute atomic E-state index is 12.9. The molecule has 3 nitrogen and oxygen atoms in total. The van der Waals surface area contributed by atoms with E-state index in [4.69, 9.17) is 4.74 Å². The van der Waals surface area contributed by atoms with Gasteiger partial charge in [-0.05, 0) is 68.3 Å². The zero-order valence-electron chi connectivity index (χ0n) is 16.4. The van der Waals surface area contributed by atoms with Gasteiger partial charge in [-0.3, -0.25) is 9.69 Å². The second-order valence-electron chi connectivity index (χ2n) is 7.88. The molecular formula is C21H30F3NO2. The topological polar surface area (TPSA) is 29.5 Å². The van der Waals surface area contributed by atoms with Crippen LogP contribution in [0.3, 0.4) is 0 Å². The summed E-state index contributed by atoms with van der Waals surface area (Å²) < 4.78 is 43.4. The van der Waals surface area contributed by atoms with E-state index < -0.39 is 11.7 Å². The van der Waals surface area contributed by atoms with Crippen LogP contribution in [-0.2, 0) is 15.7 Å². The number of hydrogen-bond donors (Lipinski definition) is 0. The van der Waals surface area contributed by atoms with E-state index in [2.05, 4.69) is 18.7 Å². The van der Waals surface area contributed by atoms with Crippen molar-refractivity contribution >= 4 is 5.97 Å². The maximum atomic E-state index is 12.9. The number of piperidine rings is 1. The number of nitrogens with zero attached hydrogens (tertiary/aromatic N) is 1. The van der Waals surface area contributed by atoms with Gasteiger partial charge in [-0.1, -0.05) is 26.0 Å². The molecular weight excluding hydrogens is 355 g/mol. The predicted octanol–water partition coefficient (Wildman–Crippen LogP) is 5.46. The van der Waals surface area contributed by atoms with Gasteiger partial charge in [0, 0.05) is 12.5 Å². The Hall–Kier alpha value is -1.56. The Bertz CT molecular complexity index is 598. The molecule has 1 saturated heterocycles. The van der Waals surface area contributed by atoms with Crippen molar-refractivity contribution in [3.05, 3.63) is 35.4 Å². The first kappa shape index (κ1) is 21.7. The lowest BCUT2D eigenvalue weighted by molar-refractivity contribution is -0.142. The molecule has 1 unspecified atom stereocenters. The van der Waals surface area contributed by atoms with Crippen molar-refractivity contribution in [1.29, 1.82) is 0 Å². The van der Waals surface area contributed by atoms with E-state index in [0.29, 0.717) is 12.3 Å². The summed E-state index contributed by atoms with van der Waals surface area (Å²) in [5.74, 6) is 0.608. The fourth-order valence-corrected chi connectivity index (χ4v) is 3.80. The first-order valence-corrected chi connectivity index (χ1v) is 9.68. The number of ether oxygens (including phenoxy) is 1. The van der Waals surface area contributed by atoms with Gasteiger partial charge in [-0.25, -0.2) is 0 Å². The molecule has 0 radical (unpaired) electrons. The number of rotatable bonds is 7. The van der Waals surface area contributed by atoms with E-state index in [0.717, 1.165) is 56.5 Å². The molecule has 152 valence electrons. The first-order chi connectivity index (χ1) is 12.7. The summed E-state index contributed by atoms with van der Waals surface area (Å²) in [5, 5.41) is 0. The van der Waals surface area contributed by atoms with Crippen LogP contribution in [0, 0.1) is 11.8 Å². The molecule has 0 N–H and O–H groups in total. The highest BCUT2D eigenvalue weighted by Crippen LogP contribution is 2.37. The molecule has 1 heterocycles. The smallest absolute Gasteiger partial charge is 0.416 e. The Morgan fingerprint density at radius 3 is 2.48 bits per heavy atom. The van der Waals surface area contributed by atoms with Gasteiger partial charge >= 0.3 is 12.1 Å². The van der Waals surface area contributed by atoms with Crippen LogP contribution in [0.1, 0.15) is 63.1 Å². The van der Waals surface area contributed by atoms with Crippen molar-refractivity contribution in [2.45, 2.75) is 58.2 Å². The summed E-state index contributed by atoms with van der Waals surface area (Å²) in [5.41, 5.74) is 0.265. The largest absolute Gasteiger partial charge is 0.469 e. The Morgan fingerprint density at radius 2 is 1.93 bits per heavy atom. The minimum absolute atomic E-state index is 0.0443. The summed E-state index contributed by atoms with van der Waals surface area (Å²) in [6, 6.07) is 5.53. The van der Waals surface area contributed by atoms with E-state index in [-0.39, 0.29) is 17.9 Å². The number of carbonyl (C=O) groups excluding carboxylic acids is 1. The number of likely N-dealkylation sites (tertiary alicyclic amines) is 1. The van der Waals surface area contributed by atoms with Crippen LogP contribution in [0.5, 0.6) is 0 Å². The van der Waals surface area contributed by atoms with Gasteiger partial charge in [0.25, 0.3) is 0 Å². The quantitative estimate of drug-likeness (QED) is 0.584. The number of alkyl halides is 3. The lowest BCUT2D eigenvalue weighted by Gasteiger charge is -2.40. The lowest BCUT2D eigenvalue weighted by Crippen LogP contribution is -2.38. The molecule has 0 amide bonds. The van der Waals surface area contributed by atoms with Gasteiger partial charge in [0.05, 0.1) is 12.7 Å². The van der Waals surface area contributed by atoms with E-state index in [1.807, 2.05) is 0 Å². The Morgan fingerprint density at radius 1 is 1.26 bits per heavy atom. The molecule has 0 bridgehead atoms. The normalized spacial score (nSPS) is 21.4. The zero-order chi connectivity index (χ0) is 20.0. The Balaban J connectivity index is 2.13. The molecule has 6 heteroatoms. The Labute approximate surface area is 159 Å². The molecule has 1 aromatic rings. The number of methoxy groups -OCH3 is 1. The second-order valence-corrected chi connectivity index (χ2v) is 7.88. The summed E-state index contributed by atoms with van der Waals surface area (Å²) in [7, 11) is 1.39. The highest BCUT2D eigenvalue weighted by molar-refractivity contribution is 5.69. The second kappa shape index (κ2) is 9.58. The maximum Gasteiger partial charge on any atom is 0.416 e. The van der Waals surface area contributed by atoms with Gasteiger partial charge in [0.15, 0.2) is 0 Å². The molecule has 2 rings (SSSR count). The van der Waals surface area contributed by atoms with Gasteiger partial charge in [0.2, 0.25) is 0 Å². The highest BCUT2D eigenvalue weighted by Gasteiger charge is 2.33. The summed E-state index contributed by atoms with van der Waals surface area (Å²) in [6.45, 7) is 6.16. The fourth-order valence-electron chi connectivity index (χ4n) is 3.80. The number of halogens is 3. The minimum atomic E-state index is -4.32. The molecule has 1 aromatic carbocycles. The number of benzene rings is 1. The van der Waals surface area contributed by atoms with Crippen molar-refractivity contribution in [3.63, 3.8) is 0 Å². The molecule has 1 fully saturated rings. The van der Waals surface area contributed by atoms with Crippen LogP contribution >= 0.6 is 0 Å². The summed E-state index contributed by atoms with van der Waals surface area (Å²) >= 11 is 0. The SMILES string of the molecule is COC(=O)C[C@@H]1CCN(CCCC(C)C)C(c2ccc(C(F)(F)F)cc2)C1. The summed E-state index contributed by atoms with van der Waals surface area (Å²) in [6.07, 6.45) is -0.0860. The summed E-state index contributed by atoms with van der Waals surface area (Å²) in [4.78, 5) is 14.0. The third-order valence-electron chi connectivity index (χ3n) is 5.35. The molecule has 0 spiro atoms. The first-order valence-electron chi connectivity index (χ1n) is 9.68. The van der Waals surface area contributed by atoms with Crippen LogP contribution < -0.4 is 0 Å².